The maximum atomic E-state index is 13.5. The van der Waals surface area contributed by atoms with Crippen LogP contribution in [0.1, 0.15) is 71.6 Å². The number of nitrogens with one attached hydrogen (secondary N) is 8. The number of hydrogen-bond donors (Lipinski definition) is 12. The van der Waals surface area contributed by atoms with E-state index in [1.54, 1.807) is 6.26 Å². The second-order valence-electron chi connectivity index (χ2n) is 13.8. The molecule has 1 rings (SSSR count). The summed E-state index contributed by atoms with van der Waals surface area (Å²) in [5.74, 6) is -5.55. The minimum atomic E-state index is -1.24. The predicted molar refractivity (Wildman–Crippen MR) is 210 cm³/mol. The number of rotatable bonds is 27. The highest BCUT2D eigenvalue weighted by Crippen LogP contribution is 2.18. The molecule has 56 heavy (non-hydrogen) atoms. The molecule has 0 saturated carbocycles. The third kappa shape index (κ3) is 19.2. The van der Waals surface area contributed by atoms with Gasteiger partial charge in [0.15, 0.2) is 5.96 Å². The lowest BCUT2D eigenvalue weighted by Crippen LogP contribution is -2.57. The van der Waals surface area contributed by atoms with E-state index >= 15 is 0 Å². The van der Waals surface area contributed by atoms with Gasteiger partial charge in [-0.2, -0.15) is 11.8 Å². The SMILES string of the molecule is CSCC[C@H](NC(=O)CNC(=O)[C@H](CC(C)C)NC(=O)[C@@H]1CCCN1C(=O)CN)C(=O)N[C@@H](CCCNC(=N)N)C(=O)NCC(=O)N[C@@H](CCCCN)C(=O)O. The van der Waals surface area contributed by atoms with E-state index in [9.17, 15) is 43.5 Å². The number of nitrogens with two attached hydrogens (primary N) is 3. The van der Waals surface area contributed by atoms with Crippen LogP contribution in [0, 0.1) is 11.3 Å². The lowest BCUT2D eigenvalue weighted by molar-refractivity contribution is -0.142. The molecule has 1 aliphatic rings. The Hall–Kier alpha value is -4.70. The maximum absolute atomic E-state index is 13.5. The van der Waals surface area contributed by atoms with Gasteiger partial charge in [-0.25, -0.2) is 4.79 Å². The number of carboxylic acids is 1. The summed E-state index contributed by atoms with van der Waals surface area (Å²) in [6.07, 6.45) is 4.73. The van der Waals surface area contributed by atoms with Crippen LogP contribution in [0.3, 0.4) is 0 Å². The molecule has 0 bridgehead atoms. The summed E-state index contributed by atoms with van der Waals surface area (Å²) in [5, 5.41) is 34.6. The Morgan fingerprint density at radius 3 is 1.93 bits per heavy atom. The standard InChI is InChI=1S/C34H62N12O9S/c1-20(2)16-24(45-32(53)25-10-7-14-46(25)28(49)17-36)30(51)41-18-26(47)42-22(11-15-56-3)31(52)44-21(9-6-13-39-34(37)38)29(50)40-19-27(48)43-23(33(54)55)8-4-5-12-35/h20-25H,4-19,35-36H2,1-3H3,(H,40,50)(H,41,51)(H,42,47)(H,43,48)(H,44,52)(H,45,53)(H,54,55)(H4,37,38,39)/t21-,22-,23-,24-,25-/m0/s1. The topological polar surface area (TPSA) is 346 Å². The lowest BCUT2D eigenvalue weighted by Gasteiger charge is -2.27. The third-order valence-corrected chi connectivity index (χ3v) is 9.34. The summed E-state index contributed by atoms with van der Waals surface area (Å²) >= 11 is 1.41. The van der Waals surface area contributed by atoms with Crippen LogP contribution in [0.5, 0.6) is 0 Å². The van der Waals surface area contributed by atoms with Crippen LogP contribution in [0.2, 0.25) is 0 Å². The number of carboxylic acid groups (broad SMARTS) is 1. The highest BCUT2D eigenvalue weighted by Gasteiger charge is 2.36. The largest absolute Gasteiger partial charge is 0.480 e. The Kier molecular flexibility index (Phi) is 23.8. The monoisotopic (exact) mass is 814 g/mol. The molecule has 21 nitrogen and oxygen atoms in total. The Bertz CT molecular complexity index is 1360. The van der Waals surface area contributed by atoms with E-state index in [2.05, 4.69) is 37.2 Å². The molecule has 0 spiro atoms. The first-order chi connectivity index (χ1) is 26.5. The van der Waals surface area contributed by atoms with Gasteiger partial charge in [-0.3, -0.25) is 39.0 Å². The Balaban J connectivity index is 2.97. The quantitative estimate of drug-likeness (QED) is 0.0217. The fourth-order valence-corrected chi connectivity index (χ4v) is 6.29. The number of nitrogens with zero attached hydrogens (tertiary/aromatic N) is 1. The van der Waals surface area contributed by atoms with Gasteiger partial charge >= 0.3 is 5.97 Å². The number of guanidine groups is 1. The molecule has 0 aromatic heterocycles. The van der Waals surface area contributed by atoms with Crippen molar-refractivity contribution < 1.29 is 43.5 Å². The number of carbonyl (C=O) groups is 8. The van der Waals surface area contributed by atoms with E-state index in [-0.39, 0.29) is 63.0 Å². The van der Waals surface area contributed by atoms with Crippen molar-refractivity contribution in [3.63, 3.8) is 0 Å². The highest BCUT2D eigenvalue weighted by atomic mass is 32.2. The molecule has 1 fully saturated rings. The van der Waals surface area contributed by atoms with Crippen LogP contribution in [0.25, 0.3) is 0 Å². The molecule has 0 radical (unpaired) electrons. The molecule has 0 aliphatic carbocycles. The minimum absolute atomic E-state index is 0.0178. The summed E-state index contributed by atoms with van der Waals surface area (Å²) in [6.45, 7) is 3.29. The zero-order valence-electron chi connectivity index (χ0n) is 32.6. The van der Waals surface area contributed by atoms with Crippen molar-refractivity contribution in [1.82, 2.24) is 42.1 Å². The van der Waals surface area contributed by atoms with E-state index in [4.69, 9.17) is 22.6 Å². The first kappa shape index (κ1) is 49.3. The van der Waals surface area contributed by atoms with Crippen LogP contribution in [0.4, 0.5) is 0 Å². The average molecular weight is 815 g/mol. The molecule has 7 amide bonds. The summed E-state index contributed by atoms with van der Waals surface area (Å²) in [6, 6.07) is -5.28. The van der Waals surface area contributed by atoms with Crippen molar-refractivity contribution in [3.8, 4) is 0 Å². The molecule has 0 aromatic rings. The van der Waals surface area contributed by atoms with Crippen LogP contribution in [-0.2, 0) is 38.4 Å². The Morgan fingerprint density at radius 2 is 1.38 bits per heavy atom. The van der Waals surface area contributed by atoms with Gasteiger partial charge in [-0.1, -0.05) is 13.8 Å². The normalized spacial score (nSPS) is 15.8. The van der Waals surface area contributed by atoms with Gasteiger partial charge in [0, 0.05) is 13.1 Å². The smallest absolute Gasteiger partial charge is 0.326 e. The molecule has 0 aromatic carbocycles. The summed E-state index contributed by atoms with van der Waals surface area (Å²) in [4.78, 5) is 104. The van der Waals surface area contributed by atoms with Crippen molar-refractivity contribution in [2.45, 2.75) is 102 Å². The van der Waals surface area contributed by atoms with Gasteiger partial charge in [0.1, 0.15) is 30.2 Å². The van der Waals surface area contributed by atoms with Gasteiger partial charge in [-0.15, -0.1) is 0 Å². The summed E-state index contributed by atoms with van der Waals surface area (Å²) < 4.78 is 0. The van der Waals surface area contributed by atoms with Gasteiger partial charge in [-0.05, 0) is 82.3 Å². The van der Waals surface area contributed by atoms with Gasteiger partial charge in [0.05, 0.1) is 19.6 Å². The number of carbonyl (C=O) groups excluding carboxylic acids is 7. The zero-order valence-corrected chi connectivity index (χ0v) is 33.4. The molecule has 1 heterocycles. The minimum Gasteiger partial charge on any atom is -0.480 e. The van der Waals surface area contributed by atoms with Crippen LogP contribution in [-0.4, -0.2) is 145 Å². The van der Waals surface area contributed by atoms with Crippen LogP contribution < -0.4 is 54.4 Å². The maximum Gasteiger partial charge on any atom is 0.326 e. The highest BCUT2D eigenvalue weighted by molar-refractivity contribution is 7.98. The number of hydrogen-bond acceptors (Lipinski definition) is 12. The van der Waals surface area contributed by atoms with Gasteiger partial charge in [0.2, 0.25) is 41.4 Å². The Morgan fingerprint density at radius 1 is 0.786 bits per heavy atom. The first-order valence-electron chi connectivity index (χ1n) is 18.8. The second kappa shape index (κ2) is 27.0. The van der Waals surface area contributed by atoms with E-state index in [0.29, 0.717) is 44.5 Å². The number of amides is 7. The first-order valence-corrected chi connectivity index (χ1v) is 20.2. The van der Waals surface area contributed by atoms with E-state index in [0.717, 1.165) is 0 Å². The van der Waals surface area contributed by atoms with Crippen LogP contribution >= 0.6 is 11.8 Å². The number of likely N-dealkylation sites (tertiary alicyclic amines) is 1. The van der Waals surface area contributed by atoms with E-state index in [1.807, 2.05) is 13.8 Å². The molecule has 15 N–H and O–H groups in total. The van der Waals surface area contributed by atoms with Crippen molar-refractivity contribution in [2.75, 3.05) is 51.3 Å². The fourth-order valence-electron chi connectivity index (χ4n) is 5.82. The predicted octanol–water partition coefficient (Wildman–Crippen LogP) is -3.62. The average Bonchev–Trinajstić information content (AvgIpc) is 3.65. The van der Waals surface area contributed by atoms with Crippen molar-refractivity contribution >= 4 is 65.0 Å². The summed E-state index contributed by atoms with van der Waals surface area (Å²) in [7, 11) is 0. The molecule has 22 heteroatoms. The molecule has 5 atom stereocenters. The van der Waals surface area contributed by atoms with Gasteiger partial charge in [0.25, 0.3) is 0 Å². The second-order valence-corrected chi connectivity index (χ2v) is 14.7. The van der Waals surface area contributed by atoms with E-state index in [1.165, 1.54) is 16.7 Å². The number of aliphatic carboxylic acids is 1. The Labute approximate surface area is 331 Å². The molecular weight excluding hydrogens is 753 g/mol. The van der Waals surface area contributed by atoms with E-state index < -0.39 is 84.7 Å². The number of thioether (sulfide) groups is 1. The molecule has 0 unspecified atom stereocenters. The third-order valence-electron chi connectivity index (χ3n) is 8.70. The number of unbranched alkanes of at least 4 members (excludes halogenated alkanes) is 1. The lowest BCUT2D eigenvalue weighted by atomic mass is 10.0. The fraction of sp³-hybridized carbons (Fsp3) is 0.735. The van der Waals surface area contributed by atoms with Crippen LogP contribution in [0.15, 0.2) is 0 Å². The summed E-state index contributed by atoms with van der Waals surface area (Å²) in [5.41, 5.74) is 16.3. The van der Waals surface area contributed by atoms with Crippen molar-refractivity contribution in [1.29, 1.82) is 5.41 Å². The molecule has 318 valence electrons. The van der Waals surface area contributed by atoms with Crippen molar-refractivity contribution in [2.24, 2.45) is 23.1 Å². The molecule has 1 aliphatic heterocycles. The zero-order chi connectivity index (χ0) is 42.2. The van der Waals surface area contributed by atoms with Gasteiger partial charge < -0.3 is 64.4 Å². The van der Waals surface area contributed by atoms with Crippen molar-refractivity contribution in [3.05, 3.63) is 0 Å². The molecule has 1 saturated heterocycles. The molecular formula is C34H62N12O9S.